The molecule has 0 aromatic heterocycles. The molecule has 0 saturated heterocycles. The highest BCUT2D eigenvalue weighted by molar-refractivity contribution is 6.40. The van der Waals surface area contributed by atoms with Gasteiger partial charge in [0.05, 0.1) is 34.7 Å². The van der Waals surface area contributed by atoms with Crippen LogP contribution in [-0.2, 0) is 9.59 Å². The lowest BCUT2D eigenvalue weighted by Gasteiger charge is -2.23. The van der Waals surface area contributed by atoms with Crippen LogP contribution in [0.5, 0.6) is 11.5 Å². The van der Waals surface area contributed by atoms with Crippen LogP contribution in [0, 0.1) is 0 Å². The van der Waals surface area contributed by atoms with Crippen LogP contribution in [-0.4, -0.2) is 42.6 Å². The summed E-state index contributed by atoms with van der Waals surface area (Å²) in [5.74, 6) is -2.64. The molecule has 1 fully saturated rings. The van der Waals surface area contributed by atoms with Crippen LogP contribution in [0.3, 0.4) is 0 Å². The molecule has 0 radical (unpaired) electrons. The highest BCUT2D eigenvalue weighted by atomic mass is 35.5. The summed E-state index contributed by atoms with van der Waals surface area (Å²) in [6, 6.07) is 15.6. The summed E-state index contributed by atoms with van der Waals surface area (Å²) in [7, 11) is 0. The van der Waals surface area contributed by atoms with Gasteiger partial charge in [0.1, 0.15) is 0 Å². The van der Waals surface area contributed by atoms with Crippen LogP contribution in [0.15, 0.2) is 65.8 Å². The lowest BCUT2D eigenvalue weighted by atomic mass is 9.95. The number of hydrogen-bond acceptors (Lipinski definition) is 7. The Bertz CT molecular complexity index is 1540. The van der Waals surface area contributed by atoms with E-state index in [1.807, 2.05) is 0 Å². The number of hydrogen-bond donors (Lipinski definition) is 3. The molecule has 3 aromatic carbocycles. The number of ether oxygens (including phenoxy) is 2. The molecule has 12 heteroatoms. The van der Waals surface area contributed by atoms with Crippen molar-refractivity contribution >= 4 is 58.8 Å². The van der Waals surface area contributed by atoms with Crippen molar-refractivity contribution in [3.8, 4) is 11.5 Å². The molecule has 43 heavy (non-hydrogen) atoms. The first-order valence-corrected chi connectivity index (χ1v) is 14.5. The number of para-hydroxylation sites is 1. The number of nitrogens with zero attached hydrogens (tertiary/aromatic N) is 1. The molecule has 1 aliphatic carbocycles. The molecular weight excluding hydrogens is 595 g/mol. The van der Waals surface area contributed by atoms with E-state index in [9.17, 15) is 19.2 Å². The molecule has 0 atom stereocenters. The number of rotatable bonds is 9. The van der Waals surface area contributed by atoms with E-state index in [-0.39, 0.29) is 51.9 Å². The van der Waals surface area contributed by atoms with E-state index in [0.29, 0.717) is 10.6 Å². The Balaban J connectivity index is 1.36. The van der Waals surface area contributed by atoms with Crippen LogP contribution in [0.4, 0.5) is 5.69 Å². The Kier molecular flexibility index (Phi) is 11.1. The largest absolute Gasteiger partial charge is 0.490 e. The minimum atomic E-state index is -1.03. The first-order valence-electron chi connectivity index (χ1n) is 13.7. The molecule has 3 amide bonds. The first-order chi connectivity index (χ1) is 20.7. The second kappa shape index (κ2) is 15.2. The Morgan fingerprint density at radius 2 is 1.67 bits per heavy atom. The second-order valence-electron chi connectivity index (χ2n) is 9.66. The normalized spacial score (nSPS) is 13.3. The summed E-state index contributed by atoms with van der Waals surface area (Å²) >= 11 is 12.0. The zero-order valence-corrected chi connectivity index (χ0v) is 24.8. The predicted molar refractivity (Wildman–Crippen MR) is 164 cm³/mol. The highest BCUT2D eigenvalue weighted by Gasteiger charge is 2.21. The number of esters is 1. The molecule has 4 rings (SSSR count). The number of carbonyl (C=O) groups is 4. The summed E-state index contributed by atoms with van der Waals surface area (Å²) in [5.41, 5.74) is 3.26. The highest BCUT2D eigenvalue weighted by Crippen LogP contribution is 2.30. The van der Waals surface area contributed by atoms with Crippen molar-refractivity contribution in [3.63, 3.8) is 0 Å². The number of carbonyl (C=O) groups excluding carboxylic acids is 4. The van der Waals surface area contributed by atoms with Gasteiger partial charge in [-0.1, -0.05) is 54.6 Å². The molecule has 3 N–H and O–H groups in total. The van der Waals surface area contributed by atoms with E-state index in [0.717, 1.165) is 32.1 Å². The molecular formula is C31H30Cl2N4O6. The Morgan fingerprint density at radius 3 is 2.42 bits per heavy atom. The zero-order chi connectivity index (χ0) is 30.8. The number of amides is 3. The molecule has 3 aromatic rings. The van der Waals surface area contributed by atoms with Gasteiger partial charge in [0.2, 0.25) is 0 Å². The molecule has 224 valence electrons. The van der Waals surface area contributed by atoms with Crippen molar-refractivity contribution in [3.05, 3.63) is 87.4 Å². The van der Waals surface area contributed by atoms with Crippen LogP contribution >= 0.6 is 23.2 Å². The standard InChI is InChI=1S/C31H30Cl2N4O6/c1-2-42-27-16-19(12-15-26(27)43-31(41)22-14-13-20(32)17-24(22)33)18-34-37-30(40)29(39)36-25-11-7-6-10-23(25)28(38)35-21-8-4-3-5-9-21/h6-7,10-18,21H,2-5,8-9H2,1H3,(H,35,38)(H,36,39)(H,37,40). The monoisotopic (exact) mass is 624 g/mol. The average molecular weight is 626 g/mol. The minimum absolute atomic E-state index is 0.0916. The van der Waals surface area contributed by atoms with Gasteiger partial charge in [0.15, 0.2) is 11.5 Å². The van der Waals surface area contributed by atoms with E-state index >= 15 is 0 Å². The number of benzene rings is 3. The molecule has 1 aliphatic rings. The third-order valence-electron chi connectivity index (χ3n) is 6.57. The lowest BCUT2D eigenvalue weighted by Crippen LogP contribution is -2.37. The van der Waals surface area contributed by atoms with E-state index in [2.05, 4.69) is 21.2 Å². The summed E-state index contributed by atoms with van der Waals surface area (Å²) < 4.78 is 11.1. The van der Waals surface area contributed by atoms with Gasteiger partial charge in [-0.3, -0.25) is 14.4 Å². The SMILES string of the molecule is CCOc1cc(C=NNC(=O)C(=O)Nc2ccccc2C(=O)NC2CCCCC2)ccc1OC(=O)c1ccc(Cl)cc1Cl. The van der Waals surface area contributed by atoms with Gasteiger partial charge in [-0.25, -0.2) is 10.2 Å². The first kappa shape index (κ1) is 31.5. The van der Waals surface area contributed by atoms with Gasteiger partial charge in [0, 0.05) is 11.1 Å². The third-order valence-corrected chi connectivity index (χ3v) is 7.12. The minimum Gasteiger partial charge on any atom is -0.490 e. The fourth-order valence-corrected chi connectivity index (χ4v) is 4.95. The Morgan fingerprint density at radius 1 is 0.907 bits per heavy atom. The predicted octanol–water partition coefficient (Wildman–Crippen LogP) is 5.76. The number of anilines is 1. The fraction of sp³-hybridized carbons (Fsp3) is 0.258. The summed E-state index contributed by atoms with van der Waals surface area (Å²) in [6.07, 6.45) is 6.41. The topological polar surface area (TPSA) is 135 Å². The Hall–Kier alpha value is -4.41. The second-order valence-corrected chi connectivity index (χ2v) is 10.5. The maximum Gasteiger partial charge on any atom is 0.345 e. The van der Waals surface area contributed by atoms with Crippen molar-refractivity contribution in [2.45, 2.75) is 45.1 Å². The molecule has 0 aliphatic heterocycles. The fourth-order valence-electron chi connectivity index (χ4n) is 4.46. The van der Waals surface area contributed by atoms with Gasteiger partial charge >= 0.3 is 17.8 Å². The molecule has 0 bridgehead atoms. The Labute approximate surface area is 258 Å². The summed E-state index contributed by atoms with van der Waals surface area (Å²) in [4.78, 5) is 50.5. The quantitative estimate of drug-likeness (QED) is 0.0910. The van der Waals surface area contributed by atoms with E-state index in [1.54, 1.807) is 43.3 Å². The van der Waals surface area contributed by atoms with Crippen LogP contribution < -0.4 is 25.5 Å². The van der Waals surface area contributed by atoms with Crippen molar-refractivity contribution in [2.75, 3.05) is 11.9 Å². The van der Waals surface area contributed by atoms with Gasteiger partial charge in [-0.2, -0.15) is 5.10 Å². The summed E-state index contributed by atoms with van der Waals surface area (Å²) in [6.45, 7) is 2.04. The zero-order valence-electron chi connectivity index (χ0n) is 23.3. The van der Waals surface area contributed by atoms with E-state index in [1.165, 1.54) is 30.5 Å². The van der Waals surface area contributed by atoms with E-state index < -0.39 is 17.8 Å². The lowest BCUT2D eigenvalue weighted by molar-refractivity contribution is -0.136. The smallest absolute Gasteiger partial charge is 0.345 e. The van der Waals surface area contributed by atoms with Gasteiger partial charge in [-0.05, 0) is 73.9 Å². The van der Waals surface area contributed by atoms with Gasteiger partial charge in [-0.15, -0.1) is 0 Å². The van der Waals surface area contributed by atoms with E-state index in [4.69, 9.17) is 32.7 Å². The average Bonchev–Trinajstić information content (AvgIpc) is 2.99. The maximum atomic E-state index is 12.8. The van der Waals surface area contributed by atoms with Gasteiger partial charge in [0.25, 0.3) is 5.91 Å². The van der Waals surface area contributed by atoms with Crippen LogP contribution in [0.25, 0.3) is 0 Å². The number of nitrogens with one attached hydrogen (secondary N) is 3. The number of halogens is 2. The molecule has 0 heterocycles. The van der Waals surface area contributed by atoms with Gasteiger partial charge < -0.3 is 20.1 Å². The van der Waals surface area contributed by atoms with Crippen LogP contribution in [0.2, 0.25) is 10.0 Å². The van der Waals surface area contributed by atoms with Crippen molar-refractivity contribution in [1.29, 1.82) is 0 Å². The molecule has 0 spiro atoms. The third kappa shape index (κ3) is 8.79. The van der Waals surface area contributed by atoms with Crippen molar-refractivity contribution < 1.29 is 28.7 Å². The van der Waals surface area contributed by atoms with Crippen molar-refractivity contribution in [1.82, 2.24) is 10.7 Å². The summed E-state index contributed by atoms with van der Waals surface area (Å²) in [5, 5.41) is 9.85. The molecule has 0 unspecified atom stereocenters. The van der Waals surface area contributed by atoms with Crippen LogP contribution in [0.1, 0.15) is 65.3 Å². The molecule has 10 nitrogen and oxygen atoms in total. The number of hydrazone groups is 1. The van der Waals surface area contributed by atoms with Crippen molar-refractivity contribution in [2.24, 2.45) is 5.10 Å². The molecule has 1 saturated carbocycles. The maximum absolute atomic E-state index is 12.8.